The number of pyridine rings is 1. The molecule has 3 rings (SSSR count). The number of carbonyl (C=O) groups is 2. The Morgan fingerprint density at radius 2 is 2.12 bits per heavy atom. The molecule has 1 aromatic heterocycles. The highest BCUT2D eigenvalue weighted by Gasteiger charge is 2.41. The van der Waals surface area contributed by atoms with Crippen molar-refractivity contribution in [3.8, 4) is 0 Å². The van der Waals surface area contributed by atoms with Gasteiger partial charge in [-0.15, -0.1) is 0 Å². The third-order valence-electron chi connectivity index (χ3n) is 5.84. The van der Waals surface area contributed by atoms with Gasteiger partial charge in [0.2, 0.25) is 11.8 Å². The number of aromatic nitrogens is 1. The molecule has 2 aliphatic heterocycles. The summed E-state index contributed by atoms with van der Waals surface area (Å²) in [6.45, 7) is 3.30. The molecular formula is C20H29N3O2S. The molecule has 2 fully saturated rings. The average molecular weight is 376 g/mol. The molecule has 2 aliphatic rings. The number of rotatable bonds is 6. The van der Waals surface area contributed by atoms with Gasteiger partial charge in [-0.2, -0.15) is 11.8 Å². The lowest BCUT2D eigenvalue weighted by Crippen LogP contribution is -2.52. The molecule has 3 heterocycles. The van der Waals surface area contributed by atoms with E-state index in [9.17, 15) is 9.59 Å². The fraction of sp³-hybridized carbons (Fsp3) is 0.650. The van der Waals surface area contributed by atoms with Crippen molar-refractivity contribution in [2.24, 2.45) is 5.41 Å². The summed E-state index contributed by atoms with van der Waals surface area (Å²) in [6.07, 6.45) is 10.9. The van der Waals surface area contributed by atoms with E-state index in [0.717, 1.165) is 57.6 Å². The highest BCUT2D eigenvalue weighted by molar-refractivity contribution is 7.98. The minimum Gasteiger partial charge on any atom is -0.343 e. The molecule has 0 N–H and O–H groups in total. The third kappa shape index (κ3) is 4.78. The molecule has 2 amide bonds. The third-order valence-corrected chi connectivity index (χ3v) is 6.45. The predicted molar refractivity (Wildman–Crippen MR) is 105 cm³/mol. The van der Waals surface area contributed by atoms with Crippen molar-refractivity contribution in [1.82, 2.24) is 14.8 Å². The van der Waals surface area contributed by atoms with Crippen LogP contribution in [0.2, 0.25) is 0 Å². The summed E-state index contributed by atoms with van der Waals surface area (Å²) in [5.41, 5.74) is 1.38. The number of piperidine rings is 2. The van der Waals surface area contributed by atoms with Crippen LogP contribution < -0.4 is 0 Å². The van der Waals surface area contributed by atoms with Crippen LogP contribution in [-0.4, -0.2) is 64.8 Å². The van der Waals surface area contributed by atoms with E-state index >= 15 is 0 Å². The molecule has 142 valence electrons. The van der Waals surface area contributed by atoms with E-state index in [1.54, 1.807) is 18.0 Å². The number of thioether (sulfide) groups is 1. The van der Waals surface area contributed by atoms with Gasteiger partial charge in [0.05, 0.1) is 0 Å². The van der Waals surface area contributed by atoms with Crippen LogP contribution >= 0.6 is 11.8 Å². The summed E-state index contributed by atoms with van der Waals surface area (Å²) in [5.74, 6) is 1.46. The molecule has 0 aliphatic carbocycles. The Bertz CT molecular complexity index is 615. The maximum absolute atomic E-state index is 12.4. The SMILES string of the molecule is CSCCC(=O)N1CCC2(CCC(=O)N(CCc3cccnc3)C2)CC1. The zero-order valence-corrected chi connectivity index (χ0v) is 16.5. The molecule has 0 unspecified atom stereocenters. The minimum atomic E-state index is 0.207. The molecular weight excluding hydrogens is 346 g/mol. The summed E-state index contributed by atoms with van der Waals surface area (Å²) in [4.78, 5) is 32.8. The first kappa shape index (κ1) is 19.2. The van der Waals surface area contributed by atoms with Gasteiger partial charge in [-0.05, 0) is 49.0 Å². The molecule has 5 nitrogen and oxygen atoms in total. The molecule has 0 radical (unpaired) electrons. The smallest absolute Gasteiger partial charge is 0.223 e. The number of amides is 2. The Labute approximate surface area is 160 Å². The van der Waals surface area contributed by atoms with Crippen molar-refractivity contribution in [3.63, 3.8) is 0 Å². The van der Waals surface area contributed by atoms with Crippen LogP contribution in [0, 0.1) is 5.41 Å². The maximum atomic E-state index is 12.4. The molecule has 1 spiro atoms. The van der Waals surface area contributed by atoms with E-state index in [-0.39, 0.29) is 17.2 Å². The number of hydrogen-bond acceptors (Lipinski definition) is 4. The van der Waals surface area contributed by atoms with Crippen LogP contribution in [0.15, 0.2) is 24.5 Å². The lowest BCUT2D eigenvalue weighted by molar-refractivity contribution is -0.142. The van der Waals surface area contributed by atoms with E-state index in [4.69, 9.17) is 0 Å². The van der Waals surface area contributed by atoms with Crippen molar-refractivity contribution in [3.05, 3.63) is 30.1 Å². The summed E-state index contributed by atoms with van der Waals surface area (Å²) in [5, 5.41) is 0. The van der Waals surface area contributed by atoms with Gasteiger partial charge in [-0.1, -0.05) is 6.07 Å². The first-order chi connectivity index (χ1) is 12.6. The van der Waals surface area contributed by atoms with Crippen LogP contribution in [0.3, 0.4) is 0 Å². The Morgan fingerprint density at radius 1 is 1.31 bits per heavy atom. The number of carbonyl (C=O) groups excluding carboxylic acids is 2. The topological polar surface area (TPSA) is 53.5 Å². The van der Waals surface area contributed by atoms with E-state index in [0.29, 0.717) is 12.8 Å². The van der Waals surface area contributed by atoms with Crippen LogP contribution in [0.1, 0.15) is 37.7 Å². The average Bonchev–Trinajstić information content (AvgIpc) is 2.68. The van der Waals surface area contributed by atoms with Gasteiger partial charge in [-0.3, -0.25) is 14.6 Å². The van der Waals surface area contributed by atoms with Crippen molar-refractivity contribution in [1.29, 1.82) is 0 Å². The van der Waals surface area contributed by atoms with Crippen LogP contribution in [0.25, 0.3) is 0 Å². The van der Waals surface area contributed by atoms with Gasteiger partial charge < -0.3 is 9.80 Å². The second-order valence-electron chi connectivity index (χ2n) is 7.55. The fourth-order valence-corrected chi connectivity index (χ4v) is 4.48. The molecule has 0 atom stereocenters. The van der Waals surface area contributed by atoms with Gasteiger partial charge in [0, 0.05) is 57.2 Å². The standard InChI is InChI=1S/C20H29N3O2S/c1-26-14-6-19(25)22-12-8-20(9-13-22)7-4-18(24)23(16-20)11-5-17-3-2-10-21-15-17/h2-3,10,15H,4-9,11-14,16H2,1H3. The fourth-order valence-electron chi connectivity index (χ4n) is 4.10. The highest BCUT2D eigenvalue weighted by Crippen LogP contribution is 2.40. The lowest BCUT2D eigenvalue weighted by atomic mass is 9.72. The Morgan fingerprint density at radius 3 is 2.81 bits per heavy atom. The first-order valence-corrected chi connectivity index (χ1v) is 10.9. The second kappa shape index (κ2) is 8.89. The molecule has 1 aromatic rings. The molecule has 0 saturated carbocycles. The van der Waals surface area contributed by atoms with Crippen molar-refractivity contribution in [2.75, 3.05) is 38.2 Å². The normalized spacial score (nSPS) is 19.8. The summed E-state index contributed by atoms with van der Waals surface area (Å²) in [6, 6.07) is 4.01. The molecule has 26 heavy (non-hydrogen) atoms. The van der Waals surface area contributed by atoms with Crippen LogP contribution in [0.4, 0.5) is 0 Å². The van der Waals surface area contributed by atoms with E-state index < -0.39 is 0 Å². The van der Waals surface area contributed by atoms with Gasteiger partial charge in [0.1, 0.15) is 0 Å². The summed E-state index contributed by atoms with van der Waals surface area (Å²) in [7, 11) is 0. The zero-order valence-electron chi connectivity index (χ0n) is 15.7. The number of hydrogen-bond donors (Lipinski definition) is 0. The highest BCUT2D eigenvalue weighted by atomic mass is 32.2. The second-order valence-corrected chi connectivity index (χ2v) is 8.54. The number of likely N-dealkylation sites (tertiary alicyclic amines) is 2. The van der Waals surface area contributed by atoms with Crippen molar-refractivity contribution >= 4 is 23.6 Å². The van der Waals surface area contributed by atoms with E-state index in [1.807, 2.05) is 28.3 Å². The Balaban J connectivity index is 1.53. The summed E-state index contributed by atoms with van der Waals surface area (Å²) >= 11 is 1.72. The lowest BCUT2D eigenvalue weighted by Gasteiger charge is -2.47. The first-order valence-electron chi connectivity index (χ1n) is 9.55. The van der Waals surface area contributed by atoms with Crippen LogP contribution in [-0.2, 0) is 16.0 Å². The predicted octanol–water partition coefficient (Wildman–Crippen LogP) is 2.61. The monoisotopic (exact) mass is 375 g/mol. The number of nitrogens with zero attached hydrogens (tertiary/aromatic N) is 3. The van der Waals surface area contributed by atoms with Crippen LogP contribution in [0.5, 0.6) is 0 Å². The van der Waals surface area contributed by atoms with Gasteiger partial charge in [-0.25, -0.2) is 0 Å². The van der Waals surface area contributed by atoms with E-state index in [1.165, 1.54) is 5.56 Å². The quantitative estimate of drug-likeness (QED) is 0.767. The molecule has 2 saturated heterocycles. The summed E-state index contributed by atoms with van der Waals surface area (Å²) < 4.78 is 0. The minimum absolute atomic E-state index is 0.207. The zero-order chi connectivity index (χ0) is 18.4. The Kier molecular flexibility index (Phi) is 6.57. The van der Waals surface area contributed by atoms with Crippen molar-refractivity contribution in [2.45, 2.75) is 38.5 Å². The molecule has 6 heteroatoms. The molecule has 0 aromatic carbocycles. The van der Waals surface area contributed by atoms with Gasteiger partial charge >= 0.3 is 0 Å². The maximum Gasteiger partial charge on any atom is 0.223 e. The Hall–Kier alpha value is -1.56. The van der Waals surface area contributed by atoms with Gasteiger partial charge in [0.15, 0.2) is 0 Å². The van der Waals surface area contributed by atoms with Crippen molar-refractivity contribution < 1.29 is 9.59 Å². The molecule has 0 bridgehead atoms. The van der Waals surface area contributed by atoms with E-state index in [2.05, 4.69) is 11.1 Å². The largest absolute Gasteiger partial charge is 0.343 e. The van der Waals surface area contributed by atoms with Gasteiger partial charge in [0.25, 0.3) is 0 Å².